The van der Waals surface area contributed by atoms with Gasteiger partial charge in [-0.05, 0) is 30.3 Å². The van der Waals surface area contributed by atoms with Gasteiger partial charge in [-0.3, -0.25) is 4.79 Å². The van der Waals surface area contributed by atoms with Gasteiger partial charge in [0, 0.05) is 17.5 Å². The predicted molar refractivity (Wildman–Crippen MR) is 90.1 cm³/mol. The number of carbonyl (C=O) groups excluding carboxylic acids is 1. The summed E-state index contributed by atoms with van der Waals surface area (Å²) >= 11 is 5.90. The van der Waals surface area contributed by atoms with Gasteiger partial charge in [0.1, 0.15) is 17.9 Å². The third-order valence-electron chi connectivity index (χ3n) is 3.47. The minimum absolute atomic E-state index is 0.170. The van der Waals surface area contributed by atoms with Gasteiger partial charge in [0.2, 0.25) is 0 Å². The summed E-state index contributed by atoms with van der Waals surface area (Å²) in [4.78, 5) is 13.9. The van der Waals surface area contributed by atoms with Crippen LogP contribution in [0.3, 0.4) is 0 Å². The topological polar surface area (TPSA) is 42.7 Å². The first-order chi connectivity index (χ1) is 11.1. The lowest BCUT2D eigenvalue weighted by Crippen LogP contribution is -2.30. The van der Waals surface area contributed by atoms with Gasteiger partial charge in [0.15, 0.2) is 5.76 Å². The number of benzene rings is 2. The number of amides is 1. The van der Waals surface area contributed by atoms with Crippen LogP contribution in [0.5, 0.6) is 5.75 Å². The van der Waals surface area contributed by atoms with E-state index >= 15 is 0 Å². The van der Waals surface area contributed by atoms with Crippen molar-refractivity contribution in [2.75, 3.05) is 20.2 Å². The molecule has 0 fully saturated rings. The number of fused-ring (bicyclic) bond motifs is 1. The predicted octanol–water partition coefficient (Wildman–Crippen LogP) is 4.24. The molecular formula is C18H16ClNO3. The Balaban J connectivity index is 1.59. The van der Waals surface area contributed by atoms with Crippen molar-refractivity contribution >= 4 is 28.5 Å². The number of likely N-dealkylation sites (N-methyl/N-ethyl adjacent to an activating group) is 1. The quantitative estimate of drug-likeness (QED) is 0.703. The molecule has 1 heterocycles. The number of furan rings is 1. The van der Waals surface area contributed by atoms with E-state index < -0.39 is 0 Å². The third kappa shape index (κ3) is 3.66. The average molecular weight is 330 g/mol. The molecule has 0 N–H and O–H groups in total. The van der Waals surface area contributed by atoms with Gasteiger partial charge in [-0.2, -0.15) is 0 Å². The largest absolute Gasteiger partial charge is 0.492 e. The zero-order valence-electron chi connectivity index (χ0n) is 12.7. The number of hydrogen-bond donors (Lipinski definition) is 0. The van der Waals surface area contributed by atoms with Crippen LogP contribution in [0, 0.1) is 0 Å². The van der Waals surface area contributed by atoms with Crippen LogP contribution in [0.1, 0.15) is 10.6 Å². The molecule has 0 atom stereocenters. The third-order valence-corrected chi connectivity index (χ3v) is 3.71. The fraction of sp³-hybridized carbons (Fsp3) is 0.167. The highest BCUT2D eigenvalue weighted by Gasteiger charge is 2.16. The van der Waals surface area contributed by atoms with Crippen molar-refractivity contribution in [2.45, 2.75) is 0 Å². The number of ether oxygens (including phenoxy) is 1. The highest BCUT2D eigenvalue weighted by atomic mass is 35.5. The van der Waals surface area contributed by atoms with Crippen LogP contribution in [-0.4, -0.2) is 31.0 Å². The molecule has 0 aliphatic rings. The number of halogens is 1. The molecule has 1 aromatic heterocycles. The Morgan fingerprint density at radius 2 is 2.00 bits per heavy atom. The van der Waals surface area contributed by atoms with E-state index in [4.69, 9.17) is 20.8 Å². The van der Waals surface area contributed by atoms with E-state index in [-0.39, 0.29) is 5.91 Å². The standard InChI is InChI=1S/C18H16ClNO3/c1-20(9-10-22-15-7-4-6-14(19)12-15)18(21)17-11-13-5-2-3-8-16(13)23-17/h2-8,11-12H,9-10H2,1H3. The Bertz CT molecular complexity index is 795. The second-order valence-corrected chi connectivity index (χ2v) is 5.62. The number of carbonyl (C=O) groups is 1. The lowest BCUT2D eigenvalue weighted by molar-refractivity contribution is 0.0745. The first-order valence-corrected chi connectivity index (χ1v) is 7.64. The molecule has 2 aromatic carbocycles. The molecule has 118 valence electrons. The molecule has 4 nitrogen and oxygen atoms in total. The maximum absolute atomic E-state index is 12.4. The van der Waals surface area contributed by atoms with Crippen molar-refractivity contribution in [2.24, 2.45) is 0 Å². The molecule has 3 aromatic rings. The van der Waals surface area contributed by atoms with Crippen molar-refractivity contribution in [1.29, 1.82) is 0 Å². The van der Waals surface area contributed by atoms with Crippen LogP contribution in [0.4, 0.5) is 0 Å². The molecule has 0 aliphatic heterocycles. The SMILES string of the molecule is CN(CCOc1cccc(Cl)c1)C(=O)c1cc2ccccc2o1. The molecule has 0 saturated carbocycles. The summed E-state index contributed by atoms with van der Waals surface area (Å²) in [6, 6.07) is 16.5. The smallest absolute Gasteiger partial charge is 0.289 e. The van der Waals surface area contributed by atoms with Gasteiger partial charge in [-0.25, -0.2) is 0 Å². The monoisotopic (exact) mass is 329 g/mol. The number of rotatable bonds is 5. The molecule has 23 heavy (non-hydrogen) atoms. The first kappa shape index (κ1) is 15.4. The number of hydrogen-bond acceptors (Lipinski definition) is 3. The summed E-state index contributed by atoms with van der Waals surface area (Å²) in [7, 11) is 1.72. The second-order valence-electron chi connectivity index (χ2n) is 5.18. The van der Waals surface area contributed by atoms with Gasteiger partial charge < -0.3 is 14.1 Å². The first-order valence-electron chi connectivity index (χ1n) is 7.26. The van der Waals surface area contributed by atoms with Crippen LogP contribution in [0.15, 0.2) is 59.0 Å². The maximum Gasteiger partial charge on any atom is 0.289 e. The Kier molecular flexibility index (Phi) is 4.53. The lowest BCUT2D eigenvalue weighted by atomic mass is 10.2. The highest BCUT2D eigenvalue weighted by Crippen LogP contribution is 2.20. The van der Waals surface area contributed by atoms with Gasteiger partial charge >= 0.3 is 0 Å². The Morgan fingerprint density at radius 1 is 1.17 bits per heavy atom. The van der Waals surface area contributed by atoms with Crippen LogP contribution < -0.4 is 4.74 Å². The molecule has 0 spiro atoms. The van der Waals surface area contributed by atoms with E-state index in [2.05, 4.69) is 0 Å². The summed E-state index contributed by atoms with van der Waals surface area (Å²) in [5.74, 6) is 0.842. The van der Waals surface area contributed by atoms with Crippen LogP contribution in [0.2, 0.25) is 5.02 Å². The van der Waals surface area contributed by atoms with E-state index in [1.165, 1.54) is 0 Å². The Labute approximate surface area is 139 Å². The molecule has 0 bridgehead atoms. The van der Waals surface area contributed by atoms with Gasteiger partial charge in [0.25, 0.3) is 5.91 Å². The average Bonchev–Trinajstić information content (AvgIpc) is 2.98. The maximum atomic E-state index is 12.4. The van der Waals surface area contributed by atoms with Gasteiger partial charge in [0.05, 0.1) is 6.54 Å². The molecule has 0 radical (unpaired) electrons. The van der Waals surface area contributed by atoms with Crippen molar-refractivity contribution in [3.8, 4) is 5.75 Å². The summed E-state index contributed by atoms with van der Waals surface area (Å²) in [5.41, 5.74) is 0.708. The minimum Gasteiger partial charge on any atom is -0.492 e. The van der Waals surface area contributed by atoms with Crippen LogP contribution >= 0.6 is 11.6 Å². The number of para-hydroxylation sites is 1. The van der Waals surface area contributed by atoms with Crippen LogP contribution in [-0.2, 0) is 0 Å². The molecule has 0 unspecified atom stereocenters. The molecule has 0 saturated heterocycles. The molecular weight excluding hydrogens is 314 g/mol. The summed E-state index contributed by atoms with van der Waals surface area (Å²) in [6.07, 6.45) is 0. The van der Waals surface area contributed by atoms with E-state index in [0.29, 0.717) is 35.3 Å². The second kappa shape index (κ2) is 6.75. The number of nitrogens with zero attached hydrogens (tertiary/aromatic N) is 1. The van der Waals surface area contributed by atoms with Crippen molar-refractivity contribution in [1.82, 2.24) is 4.90 Å². The summed E-state index contributed by atoms with van der Waals surface area (Å²) < 4.78 is 11.2. The fourth-order valence-corrected chi connectivity index (χ4v) is 2.41. The molecule has 1 amide bonds. The molecule has 3 rings (SSSR count). The van der Waals surface area contributed by atoms with Crippen molar-refractivity contribution < 1.29 is 13.9 Å². The Morgan fingerprint density at radius 3 is 2.78 bits per heavy atom. The van der Waals surface area contributed by atoms with Crippen molar-refractivity contribution in [3.63, 3.8) is 0 Å². The van der Waals surface area contributed by atoms with E-state index in [9.17, 15) is 4.79 Å². The Hall–Kier alpha value is -2.46. The van der Waals surface area contributed by atoms with Crippen molar-refractivity contribution in [3.05, 3.63) is 65.4 Å². The molecule has 5 heteroatoms. The summed E-state index contributed by atoms with van der Waals surface area (Å²) in [6.45, 7) is 0.825. The lowest BCUT2D eigenvalue weighted by Gasteiger charge is -2.16. The van der Waals surface area contributed by atoms with E-state index in [1.807, 2.05) is 36.4 Å². The molecule has 0 aliphatic carbocycles. The van der Waals surface area contributed by atoms with E-state index in [0.717, 1.165) is 5.39 Å². The zero-order chi connectivity index (χ0) is 16.2. The van der Waals surface area contributed by atoms with Gasteiger partial charge in [-0.15, -0.1) is 0 Å². The minimum atomic E-state index is -0.170. The normalized spacial score (nSPS) is 10.7. The van der Waals surface area contributed by atoms with Gasteiger partial charge in [-0.1, -0.05) is 35.9 Å². The fourth-order valence-electron chi connectivity index (χ4n) is 2.23. The highest BCUT2D eigenvalue weighted by molar-refractivity contribution is 6.30. The van der Waals surface area contributed by atoms with E-state index in [1.54, 1.807) is 30.1 Å². The van der Waals surface area contributed by atoms with Crippen LogP contribution in [0.25, 0.3) is 11.0 Å². The summed E-state index contributed by atoms with van der Waals surface area (Å²) in [5, 5.41) is 1.54. The zero-order valence-corrected chi connectivity index (χ0v) is 13.4.